The first-order chi connectivity index (χ1) is 5.22. The van der Waals surface area contributed by atoms with Crippen molar-refractivity contribution in [2.45, 2.75) is 33.6 Å². The number of aliphatic imine (C=N–C) groups is 1. The molecular formula is C9H17NO. The summed E-state index contributed by atoms with van der Waals surface area (Å²) < 4.78 is 0. The van der Waals surface area contributed by atoms with E-state index in [-0.39, 0.29) is 0 Å². The smallest absolute Gasteiger partial charge is 0.232 e. The Kier molecular flexibility index (Phi) is 5.71. The summed E-state index contributed by atoms with van der Waals surface area (Å²) in [5.41, 5.74) is 0. The third kappa shape index (κ3) is 4.71. The van der Waals surface area contributed by atoms with E-state index in [9.17, 15) is 4.79 Å². The normalized spacial score (nSPS) is 14.2. The minimum absolute atomic E-state index is 0.590. The highest BCUT2D eigenvalue weighted by Gasteiger charge is 2.08. The predicted octanol–water partition coefficient (Wildman–Crippen LogP) is 2.29. The first kappa shape index (κ1) is 10.3. The lowest BCUT2D eigenvalue weighted by Crippen LogP contribution is -2.07. The molecule has 0 aliphatic rings. The molecule has 0 aliphatic heterocycles. The van der Waals surface area contributed by atoms with Crippen LogP contribution < -0.4 is 0 Å². The van der Waals surface area contributed by atoms with Crippen LogP contribution in [-0.2, 0) is 4.79 Å². The molecule has 1 unspecified atom stereocenters. The standard InChI is InChI=1S/C9H17NO/c1-4-9(8(2)3)5-6-10-7-11/h6-9H,4-5H2,1-3H3/b10-6-. The number of hydrogen-bond donors (Lipinski definition) is 0. The van der Waals surface area contributed by atoms with Crippen molar-refractivity contribution in [3.63, 3.8) is 0 Å². The Labute approximate surface area is 68.7 Å². The van der Waals surface area contributed by atoms with E-state index in [1.54, 1.807) is 6.21 Å². The highest BCUT2D eigenvalue weighted by molar-refractivity contribution is 5.69. The van der Waals surface area contributed by atoms with Crippen LogP contribution in [0.4, 0.5) is 0 Å². The van der Waals surface area contributed by atoms with Crippen LogP contribution in [-0.4, -0.2) is 12.6 Å². The second-order valence-electron chi connectivity index (χ2n) is 3.09. The average molecular weight is 155 g/mol. The SMILES string of the molecule is CCC(C/C=N\C=O)C(C)C. The van der Waals surface area contributed by atoms with Crippen LogP contribution in [0, 0.1) is 11.8 Å². The van der Waals surface area contributed by atoms with Gasteiger partial charge in [-0.05, 0) is 18.3 Å². The van der Waals surface area contributed by atoms with Crippen molar-refractivity contribution in [3.8, 4) is 0 Å². The van der Waals surface area contributed by atoms with Crippen molar-refractivity contribution in [2.24, 2.45) is 16.8 Å². The molecule has 0 saturated heterocycles. The highest BCUT2D eigenvalue weighted by Crippen LogP contribution is 2.17. The molecule has 0 aromatic rings. The monoisotopic (exact) mass is 155 g/mol. The van der Waals surface area contributed by atoms with E-state index in [0.717, 1.165) is 12.8 Å². The maximum absolute atomic E-state index is 9.85. The fourth-order valence-corrected chi connectivity index (χ4v) is 1.15. The van der Waals surface area contributed by atoms with Gasteiger partial charge in [0, 0.05) is 6.21 Å². The van der Waals surface area contributed by atoms with Gasteiger partial charge in [0.05, 0.1) is 0 Å². The Morgan fingerprint density at radius 1 is 1.45 bits per heavy atom. The number of amides is 1. The maximum atomic E-state index is 9.85. The molecule has 0 radical (unpaired) electrons. The van der Waals surface area contributed by atoms with E-state index in [2.05, 4.69) is 25.8 Å². The Morgan fingerprint density at radius 3 is 2.45 bits per heavy atom. The van der Waals surface area contributed by atoms with Crippen LogP contribution in [0.2, 0.25) is 0 Å². The summed E-state index contributed by atoms with van der Waals surface area (Å²) in [5.74, 6) is 1.34. The first-order valence-corrected chi connectivity index (χ1v) is 4.17. The van der Waals surface area contributed by atoms with E-state index < -0.39 is 0 Å². The largest absolute Gasteiger partial charge is 0.276 e. The van der Waals surface area contributed by atoms with Crippen molar-refractivity contribution in [1.82, 2.24) is 0 Å². The molecule has 0 aromatic carbocycles. The fraction of sp³-hybridized carbons (Fsp3) is 0.778. The molecule has 0 fully saturated rings. The summed E-state index contributed by atoms with van der Waals surface area (Å²) in [4.78, 5) is 13.4. The molecule has 0 aliphatic carbocycles. The third-order valence-corrected chi connectivity index (χ3v) is 2.04. The van der Waals surface area contributed by atoms with Gasteiger partial charge in [0.1, 0.15) is 0 Å². The van der Waals surface area contributed by atoms with E-state index in [0.29, 0.717) is 18.2 Å². The predicted molar refractivity (Wildman–Crippen MR) is 47.8 cm³/mol. The molecule has 2 nitrogen and oxygen atoms in total. The van der Waals surface area contributed by atoms with Crippen molar-refractivity contribution < 1.29 is 4.79 Å². The van der Waals surface area contributed by atoms with Crippen LogP contribution in [0.1, 0.15) is 33.6 Å². The van der Waals surface area contributed by atoms with Crippen molar-refractivity contribution >= 4 is 12.6 Å². The van der Waals surface area contributed by atoms with Crippen LogP contribution in [0.5, 0.6) is 0 Å². The molecule has 0 N–H and O–H groups in total. The van der Waals surface area contributed by atoms with E-state index in [1.165, 1.54) is 0 Å². The van der Waals surface area contributed by atoms with Crippen LogP contribution in [0.25, 0.3) is 0 Å². The van der Waals surface area contributed by atoms with E-state index >= 15 is 0 Å². The molecule has 1 atom stereocenters. The summed E-state index contributed by atoms with van der Waals surface area (Å²) in [7, 11) is 0. The molecule has 0 heterocycles. The van der Waals surface area contributed by atoms with Gasteiger partial charge in [0.15, 0.2) is 0 Å². The number of rotatable bonds is 5. The van der Waals surface area contributed by atoms with Crippen LogP contribution in [0.3, 0.4) is 0 Å². The lowest BCUT2D eigenvalue weighted by molar-refractivity contribution is -0.106. The van der Waals surface area contributed by atoms with Gasteiger partial charge in [-0.25, -0.2) is 4.99 Å². The molecule has 2 heteroatoms. The summed E-state index contributed by atoms with van der Waals surface area (Å²) in [6, 6.07) is 0. The Hall–Kier alpha value is -0.660. The Balaban J connectivity index is 3.68. The van der Waals surface area contributed by atoms with Gasteiger partial charge < -0.3 is 0 Å². The molecule has 64 valence electrons. The molecule has 0 saturated carbocycles. The molecule has 0 rings (SSSR count). The van der Waals surface area contributed by atoms with E-state index in [4.69, 9.17) is 0 Å². The quantitative estimate of drug-likeness (QED) is 0.442. The molecule has 0 aromatic heterocycles. The molecular weight excluding hydrogens is 138 g/mol. The second kappa shape index (κ2) is 6.08. The van der Waals surface area contributed by atoms with Crippen LogP contribution >= 0.6 is 0 Å². The number of carbonyl (C=O) groups excluding carboxylic acids is 1. The number of hydrogen-bond acceptors (Lipinski definition) is 1. The van der Waals surface area contributed by atoms with Gasteiger partial charge in [0.2, 0.25) is 6.41 Å². The number of carbonyl (C=O) groups is 1. The summed E-state index contributed by atoms with van der Waals surface area (Å²) >= 11 is 0. The molecule has 0 bridgehead atoms. The maximum Gasteiger partial charge on any atom is 0.232 e. The minimum atomic E-state index is 0.590. The molecule has 1 amide bonds. The zero-order valence-electron chi connectivity index (χ0n) is 7.58. The van der Waals surface area contributed by atoms with Gasteiger partial charge in [-0.3, -0.25) is 4.79 Å². The Bertz CT molecular complexity index is 130. The third-order valence-electron chi connectivity index (χ3n) is 2.04. The minimum Gasteiger partial charge on any atom is -0.276 e. The zero-order valence-corrected chi connectivity index (χ0v) is 7.58. The topological polar surface area (TPSA) is 29.4 Å². The lowest BCUT2D eigenvalue weighted by Gasteiger charge is -2.15. The summed E-state index contributed by atoms with van der Waals surface area (Å²) in [5, 5.41) is 0. The van der Waals surface area contributed by atoms with E-state index in [1.807, 2.05) is 0 Å². The van der Waals surface area contributed by atoms with Gasteiger partial charge in [-0.1, -0.05) is 27.2 Å². The Morgan fingerprint density at radius 2 is 2.09 bits per heavy atom. The molecule has 11 heavy (non-hydrogen) atoms. The second-order valence-corrected chi connectivity index (χ2v) is 3.09. The van der Waals surface area contributed by atoms with Gasteiger partial charge in [-0.15, -0.1) is 0 Å². The van der Waals surface area contributed by atoms with Gasteiger partial charge >= 0.3 is 0 Å². The first-order valence-electron chi connectivity index (χ1n) is 4.17. The average Bonchev–Trinajstić information content (AvgIpc) is 1.97. The van der Waals surface area contributed by atoms with Gasteiger partial charge in [-0.2, -0.15) is 0 Å². The number of nitrogens with zero attached hydrogens (tertiary/aromatic N) is 1. The lowest BCUT2D eigenvalue weighted by atomic mass is 9.91. The fourth-order valence-electron chi connectivity index (χ4n) is 1.15. The van der Waals surface area contributed by atoms with Crippen molar-refractivity contribution in [1.29, 1.82) is 0 Å². The summed E-state index contributed by atoms with van der Waals surface area (Å²) in [6.45, 7) is 6.56. The van der Waals surface area contributed by atoms with Crippen LogP contribution in [0.15, 0.2) is 4.99 Å². The summed E-state index contributed by atoms with van der Waals surface area (Å²) in [6.07, 6.45) is 4.38. The highest BCUT2D eigenvalue weighted by atomic mass is 16.1. The van der Waals surface area contributed by atoms with Crippen molar-refractivity contribution in [3.05, 3.63) is 0 Å². The zero-order chi connectivity index (χ0) is 8.69. The molecule has 0 spiro atoms. The van der Waals surface area contributed by atoms with Gasteiger partial charge in [0.25, 0.3) is 0 Å². The van der Waals surface area contributed by atoms with Crippen molar-refractivity contribution in [2.75, 3.05) is 0 Å².